The first-order chi connectivity index (χ1) is 22.9. The number of amides is 2. The first-order valence-electron chi connectivity index (χ1n) is 14.8. The minimum absolute atomic E-state index is 0.0201. The predicted octanol–water partition coefficient (Wildman–Crippen LogP) is 8.17. The number of carbonyl (C=O) groups excluding carboxylic acids is 2. The van der Waals surface area contributed by atoms with Gasteiger partial charge in [-0.3, -0.25) is 13.8 Å². The van der Waals surface area contributed by atoms with Gasteiger partial charge in [0.1, 0.15) is 17.3 Å². The fourth-order valence-corrected chi connectivity index (χ4v) is 6.36. The number of thioether (sulfide) groups is 1. The number of methoxy groups -OCH3 is 2. The number of anilines is 2. The summed E-state index contributed by atoms with van der Waals surface area (Å²) in [5, 5.41) is 10.1. The summed E-state index contributed by atoms with van der Waals surface area (Å²) in [6, 6.07) is 42.2. The maximum Gasteiger partial charge on any atom is 0.237 e. The van der Waals surface area contributed by atoms with Crippen LogP contribution in [0, 0.1) is 0 Å². The van der Waals surface area contributed by atoms with Crippen LogP contribution in [-0.2, 0) is 20.4 Å². The van der Waals surface area contributed by atoms with Gasteiger partial charge in [-0.05, 0) is 94.3 Å². The highest BCUT2D eigenvalue weighted by atomic mass is 32.2. The van der Waals surface area contributed by atoms with E-state index >= 15 is 0 Å². The van der Waals surface area contributed by atoms with Gasteiger partial charge >= 0.3 is 0 Å². The summed E-state index contributed by atoms with van der Waals surface area (Å²) in [6.45, 7) is 0. The molecule has 0 saturated carbocycles. The van der Waals surface area contributed by atoms with Crippen LogP contribution in [0.25, 0.3) is 21.5 Å². The summed E-state index contributed by atoms with van der Waals surface area (Å²) >= 11 is 1.53. The molecule has 0 saturated heterocycles. The molecule has 1 unspecified atom stereocenters. The van der Waals surface area contributed by atoms with Crippen LogP contribution >= 0.6 is 11.8 Å². The summed E-state index contributed by atoms with van der Waals surface area (Å²) in [6.07, 6.45) is 0. The molecule has 0 radical (unpaired) electrons. The van der Waals surface area contributed by atoms with Gasteiger partial charge in [0.15, 0.2) is 0 Å². The van der Waals surface area contributed by atoms with Crippen LogP contribution in [0.2, 0.25) is 0 Å². The van der Waals surface area contributed by atoms with Crippen LogP contribution in [0.1, 0.15) is 0 Å². The lowest BCUT2D eigenvalue weighted by Gasteiger charge is -2.07. The smallest absolute Gasteiger partial charge is 0.237 e. The van der Waals surface area contributed by atoms with Crippen molar-refractivity contribution in [3.8, 4) is 11.5 Å². The second-order valence-corrected chi connectivity index (χ2v) is 12.8. The largest absolute Gasteiger partial charge is 0.497 e. The molecule has 6 aromatic rings. The summed E-state index contributed by atoms with van der Waals surface area (Å²) in [7, 11) is 1.82. The number of carbonyl (C=O) groups is 2. The SMILES string of the molecule is COc1ccc(NC(=O)CS(=O)c2ccc3ccccc3c2)cc1.COc1ccc(NC(=O)CSc2ccc3ccccc3c2)cc1. The Morgan fingerprint density at radius 2 is 1.09 bits per heavy atom. The van der Waals surface area contributed by atoms with Crippen LogP contribution in [0.15, 0.2) is 143 Å². The molecule has 0 aliphatic carbocycles. The Labute approximate surface area is 280 Å². The molecule has 0 aromatic heterocycles. The predicted molar refractivity (Wildman–Crippen MR) is 193 cm³/mol. The molecule has 47 heavy (non-hydrogen) atoms. The second kappa shape index (κ2) is 16.4. The van der Waals surface area contributed by atoms with Crippen molar-refractivity contribution >= 4 is 67.3 Å². The number of hydrogen-bond acceptors (Lipinski definition) is 6. The Morgan fingerprint density at radius 3 is 1.64 bits per heavy atom. The van der Waals surface area contributed by atoms with Gasteiger partial charge in [0.2, 0.25) is 11.8 Å². The lowest BCUT2D eigenvalue weighted by molar-refractivity contribution is -0.114. The standard InChI is InChI=1S/C19H17NO3S.C19H17NO2S/c1-23-17-9-7-16(8-10-17)20-19(21)13-24(22)18-11-6-14-4-2-3-5-15(14)12-18;1-22-17-9-7-16(8-10-17)20-19(21)13-23-18-11-6-14-4-2-3-5-15(14)12-18/h2-12H,13H2,1H3,(H,20,21);2-12H,13H2,1H3,(H,20,21). The highest BCUT2D eigenvalue weighted by Gasteiger charge is 2.11. The van der Waals surface area contributed by atoms with E-state index in [1.807, 2.05) is 78.9 Å². The lowest BCUT2D eigenvalue weighted by atomic mass is 10.1. The van der Waals surface area contributed by atoms with E-state index in [-0.39, 0.29) is 17.6 Å². The first kappa shape index (κ1) is 33.2. The normalized spacial score (nSPS) is 11.2. The molecular weight excluding hydrogens is 629 g/mol. The molecule has 1 atom stereocenters. The third-order valence-electron chi connectivity index (χ3n) is 7.08. The van der Waals surface area contributed by atoms with Crippen LogP contribution in [0.3, 0.4) is 0 Å². The van der Waals surface area contributed by atoms with E-state index in [1.54, 1.807) is 44.6 Å². The zero-order valence-corrected chi connectivity index (χ0v) is 27.6. The number of fused-ring (bicyclic) bond motifs is 2. The van der Waals surface area contributed by atoms with Crippen LogP contribution in [-0.4, -0.2) is 41.7 Å². The van der Waals surface area contributed by atoms with Crippen molar-refractivity contribution in [1.82, 2.24) is 0 Å². The van der Waals surface area contributed by atoms with Crippen molar-refractivity contribution < 1.29 is 23.3 Å². The Hall–Kier alpha value is -5.12. The van der Waals surface area contributed by atoms with Crippen molar-refractivity contribution in [3.05, 3.63) is 133 Å². The summed E-state index contributed by atoms with van der Waals surface area (Å²) < 4.78 is 22.6. The highest BCUT2D eigenvalue weighted by molar-refractivity contribution is 8.00. The molecule has 0 spiro atoms. The summed E-state index contributed by atoms with van der Waals surface area (Å²) in [5.74, 6) is 1.48. The van der Waals surface area contributed by atoms with Crippen molar-refractivity contribution in [2.45, 2.75) is 9.79 Å². The van der Waals surface area contributed by atoms with E-state index in [1.165, 1.54) is 22.5 Å². The third-order valence-corrected chi connectivity index (χ3v) is 9.38. The fourth-order valence-electron chi connectivity index (χ4n) is 4.66. The summed E-state index contributed by atoms with van der Waals surface area (Å²) in [4.78, 5) is 25.9. The molecule has 2 amide bonds. The van der Waals surface area contributed by atoms with E-state index < -0.39 is 10.8 Å². The maximum atomic E-state index is 12.4. The fraction of sp³-hybridized carbons (Fsp3) is 0.105. The monoisotopic (exact) mass is 662 g/mol. The van der Waals surface area contributed by atoms with Gasteiger partial charge in [0.25, 0.3) is 0 Å². The number of nitrogens with one attached hydrogen (secondary N) is 2. The Kier molecular flexibility index (Phi) is 11.6. The lowest BCUT2D eigenvalue weighted by Crippen LogP contribution is -2.19. The Bertz CT molecular complexity index is 2000. The van der Waals surface area contributed by atoms with E-state index in [2.05, 4.69) is 34.9 Å². The van der Waals surface area contributed by atoms with Crippen molar-refractivity contribution in [1.29, 1.82) is 0 Å². The Morgan fingerprint density at radius 1 is 0.596 bits per heavy atom. The van der Waals surface area contributed by atoms with Gasteiger partial charge < -0.3 is 20.1 Å². The van der Waals surface area contributed by atoms with Gasteiger partial charge in [-0.25, -0.2) is 0 Å². The molecule has 0 aliphatic heterocycles. The van der Waals surface area contributed by atoms with Crippen molar-refractivity contribution in [2.24, 2.45) is 0 Å². The molecular formula is C38H34N2O5S2. The van der Waals surface area contributed by atoms with E-state index in [4.69, 9.17) is 9.47 Å². The first-order valence-corrected chi connectivity index (χ1v) is 17.1. The molecule has 0 heterocycles. The molecule has 9 heteroatoms. The summed E-state index contributed by atoms with van der Waals surface area (Å²) in [5.41, 5.74) is 1.42. The van der Waals surface area contributed by atoms with Crippen LogP contribution in [0.5, 0.6) is 11.5 Å². The van der Waals surface area contributed by atoms with Gasteiger partial charge in [-0.2, -0.15) is 0 Å². The van der Waals surface area contributed by atoms with Crippen LogP contribution in [0.4, 0.5) is 11.4 Å². The highest BCUT2D eigenvalue weighted by Crippen LogP contribution is 2.24. The van der Waals surface area contributed by atoms with Gasteiger partial charge in [0, 0.05) is 21.2 Å². The van der Waals surface area contributed by atoms with Crippen molar-refractivity contribution in [3.63, 3.8) is 0 Å². The number of benzene rings is 6. The maximum absolute atomic E-state index is 12.4. The zero-order valence-electron chi connectivity index (χ0n) is 26.0. The number of hydrogen-bond donors (Lipinski definition) is 2. The molecule has 0 aliphatic rings. The second-order valence-electron chi connectivity index (χ2n) is 10.3. The van der Waals surface area contributed by atoms with E-state index in [0.29, 0.717) is 22.1 Å². The average Bonchev–Trinajstić information content (AvgIpc) is 3.11. The minimum atomic E-state index is -1.39. The van der Waals surface area contributed by atoms with E-state index in [9.17, 15) is 13.8 Å². The number of ether oxygens (including phenoxy) is 2. The van der Waals surface area contributed by atoms with E-state index in [0.717, 1.165) is 27.1 Å². The third kappa shape index (κ3) is 9.68. The molecule has 238 valence electrons. The molecule has 0 fully saturated rings. The van der Waals surface area contributed by atoms with Gasteiger partial charge in [-0.1, -0.05) is 60.7 Å². The topological polar surface area (TPSA) is 93.7 Å². The quantitative estimate of drug-likeness (QED) is 0.144. The number of rotatable bonds is 10. The minimum Gasteiger partial charge on any atom is -0.497 e. The zero-order chi connectivity index (χ0) is 33.0. The molecule has 7 nitrogen and oxygen atoms in total. The van der Waals surface area contributed by atoms with Crippen LogP contribution < -0.4 is 20.1 Å². The van der Waals surface area contributed by atoms with Gasteiger partial charge in [-0.15, -0.1) is 11.8 Å². The average molecular weight is 663 g/mol. The molecule has 0 bridgehead atoms. The molecule has 6 aromatic carbocycles. The van der Waals surface area contributed by atoms with Crippen molar-refractivity contribution in [2.75, 3.05) is 36.4 Å². The molecule has 2 N–H and O–H groups in total. The van der Waals surface area contributed by atoms with Gasteiger partial charge in [0.05, 0.1) is 30.8 Å². The Balaban J connectivity index is 0.000000185. The molecule has 6 rings (SSSR count).